The first-order valence-electron chi connectivity index (χ1n) is 5.48. The van der Waals surface area contributed by atoms with Crippen molar-refractivity contribution in [2.75, 3.05) is 5.43 Å². The first-order chi connectivity index (χ1) is 9.36. The van der Waals surface area contributed by atoms with Crippen LogP contribution in [0.15, 0.2) is 35.6 Å². The standard InChI is InChI=1S/C11H10N6S2/c12-15-11-17-16-9(19-11)5-18-10-7-3-1-2-4-8(7)13-6-14-10/h1-4,6H,5,12H2,(H,15,17). The molecular formula is C11H10N6S2. The molecule has 2 heterocycles. The maximum Gasteiger partial charge on any atom is 0.219 e. The Bertz CT molecular complexity index is 693. The summed E-state index contributed by atoms with van der Waals surface area (Å²) < 4.78 is 0. The number of nitrogens with two attached hydrogens (primary N) is 1. The third-order valence-electron chi connectivity index (χ3n) is 2.43. The smallest absolute Gasteiger partial charge is 0.219 e. The molecule has 0 fully saturated rings. The number of thioether (sulfide) groups is 1. The zero-order valence-corrected chi connectivity index (χ0v) is 11.4. The van der Waals surface area contributed by atoms with Crippen molar-refractivity contribution in [1.82, 2.24) is 20.2 Å². The molecule has 3 aromatic rings. The second kappa shape index (κ2) is 5.47. The van der Waals surface area contributed by atoms with E-state index in [0.29, 0.717) is 10.9 Å². The molecule has 0 aliphatic carbocycles. The van der Waals surface area contributed by atoms with Gasteiger partial charge in [-0.2, -0.15) is 0 Å². The molecule has 96 valence electrons. The highest BCUT2D eigenvalue weighted by Crippen LogP contribution is 2.28. The van der Waals surface area contributed by atoms with Gasteiger partial charge in [-0.15, -0.1) is 10.2 Å². The molecule has 0 aliphatic rings. The molecule has 0 bridgehead atoms. The van der Waals surface area contributed by atoms with Gasteiger partial charge in [-0.05, 0) is 6.07 Å². The molecule has 3 rings (SSSR count). The lowest BCUT2D eigenvalue weighted by molar-refractivity contribution is 1.03. The summed E-state index contributed by atoms with van der Waals surface area (Å²) in [5.41, 5.74) is 3.43. The van der Waals surface area contributed by atoms with Gasteiger partial charge in [0.1, 0.15) is 16.4 Å². The third kappa shape index (κ3) is 2.65. The zero-order chi connectivity index (χ0) is 13.1. The largest absolute Gasteiger partial charge is 0.298 e. The number of anilines is 1. The number of nitrogen functional groups attached to an aromatic ring is 1. The van der Waals surface area contributed by atoms with Crippen molar-refractivity contribution < 1.29 is 0 Å². The Morgan fingerprint density at radius 2 is 2.11 bits per heavy atom. The van der Waals surface area contributed by atoms with E-state index in [0.717, 1.165) is 20.9 Å². The average Bonchev–Trinajstić information content (AvgIpc) is 2.93. The zero-order valence-electron chi connectivity index (χ0n) is 9.78. The molecule has 3 N–H and O–H groups in total. The van der Waals surface area contributed by atoms with E-state index in [1.165, 1.54) is 11.3 Å². The molecule has 0 aliphatic heterocycles. The Labute approximate surface area is 117 Å². The minimum Gasteiger partial charge on any atom is -0.298 e. The van der Waals surface area contributed by atoms with Crippen molar-refractivity contribution in [3.8, 4) is 0 Å². The molecule has 0 saturated heterocycles. The fourth-order valence-corrected chi connectivity index (χ4v) is 3.22. The molecule has 0 radical (unpaired) electrons. The van der Waals surface area contributed by atoms with E-state index in [4.69, 9.17) is 5.84 Å². The molecule has 0 amide bonds. The summed E-state index contributed by atoms with van der Waals surface area (Å²) in [6.07, 6.45) is 1.58. The van der Waals surface area contributed by atoms with E-state index in [9.17, 15) is 0 Å². The highest BCUT2D eigenvalue weighted by molar-refractivity contribution is 7.98. The molecule has 8 heteroatoms. The van der Waals surface area contributed by atoms with Gasteiger partial charge in [-0.1, -0.05) is 41.3 Å². The van der Waals surface area contributed by atoms with E-state index >= 15 is 0 Å². The van der Waals surface area contributed by atoms with Crippen LogP contribution in [-0.4, -0.2) is 20.2 Å². The number of nitrogens with one attached hydrogen (secondary N) is 1. The van der Waals surface area contributed by atoms with E-state index in [-0.39, 0.29) is 0 Å². The molecule has 6 nitrogen and oxygen atoms in total. The van der Waals surface area contributed by atoms with Crippen molar-refractivity contribution >= 4 is 39.1 Å². The van der Waals surface area contributed by atoms with Crippen LogP contribution in [0.1, 0.15) is 5.01 Å². The minimum absolute atomic E-state index is 0.614. The number of hydrogen-bond donors (Lipinski definition) is 2. The number of nitrogens with zero attached hydrogens (tertiary/aromatic N) is 4. The number of fused-ring (bicyclic) bond motifs is 1. The SMILES string of the molecule is NNc1nnc(CSc2ncnc3ccccc23)s1. The summed E-state index contributed by atoms with van der Waals surface area (Å²) in [6, 6.07) is 7.94. The Morgan fingerprint density at radius 1 is 1.21 bits per heavy atom. The van der Waals surface area contributed by atoms with Crippen LogP contribution in [0, 0.1) is 0 Å². The number of aromatic nitrogens is 4. The predicted molar refractivity (Wildman–Crippen MR) is 76.8 cm³/mol. The van der Waals surface area contributed by atoms with E-state index < -0.39 is 0 Å². The van der Waals surface area contributed by atoms with Gasteiger partial charge in [0, 0.05) is 5.39 Å². The second-order valence-electron chi connectivity index (χ2n) is 3.63. The molecule has 0 spiro atoms. The Hall–Kier alpha value is -1.77. The van der Waals surface area contributed by atoms with Gasteiger partial charge in [0.2, 0.25) is 5.13 Å². The average molecular weight is 290 g/mol. The summed E-state index contributed by atoms with van der Waals surface area (Å²) in [7, 11) is 0. The Balaban J connectivity index is 1.81. The fraction of sp³-hybridized carbons (Fsp3) is 0.0909. The molecule has 0 unspecified atom stereocenters. The number of para-hydroxylation sites is 1. The topological polar surface area (TPSA) is 89.6 Å². The van der Waals surface area contributed by atoms with Crippen LogP contribution in [0.5, 0.6) is 0 Å². The molecule has 19 heavy (non-hydrogen) atoms. The normalized spacial score (nSPS) is 10.8. The van der Waals surface area contributed by atoms with Gasteiger partial charge in [-0.25, -0.2) is 15.8 Å². The molecule has 1 aromatic carbocycles. The van der Waals surface area contributed by atoms with Gasteiger partial charge in [-0.3, -0.25) is 5.43 Å². The van der Waals surface area contributed by atoms with Crippen LogP contribution in [0.3, 0.4) is 0 Å². The van der Waals surface area contributed by atoms with Crippen LogP contribution < -0.4 is 11.3 Å². The number of hydrogen-bond acceptors (Lipinski definition) is 8. The quantitative estimate of drug-likeness (QED) is 0.329. The molecule has 0 atom stereocenters. The Morgan fingerprint density at radius 3 is 2.95 bits per heavy atom. The molecular weight excluding hydrogens is 280 g/mol. The van der Waals surface area contributed by atoms with E-state index in [2.05, 4.69) is 25.6 Å². The van der Waals surface area contributed by atoms with Crippen LogP contribution in [-0.2, 0) is 5.75 Å². The van der Waals surface area contributed by atoms with Crippen molar-refractivity contribution in [2.24, 2.45) is 5.84 Å². The van der Waals surface area contributed by atoms with Gasteiger partial charge in [0.15, 0.2) is 0 Å². The highest BCUT2D eigenvalue weighted by Gasteiger charge is 2.07. The summed E-state index contributed by atoms with van der Waals surface area (Å²) in [5.74, 6) is 5.98. The summed E-state index contributed by atoms with van der Waals surface area (Å²) in [6.45, 7) is 0. The molecule has 2 aromatic heterocycles. The lowest BCUT2D eigenvalue weighted by Gasteiger charge is -2.02. The van der Waals surface area contributed by atoms with Gasteiger partial charge < -0.3 is 0 Å². The van der Waals surface area contributed by atoms with Crippen molar-refractivity contribution in [2.45, 2.75) is 10.8 Å². The second-order valence-corrected chi connectivity index (χ2v) is 5.66. The highest BCUT2D eigenvalue weighted by atomic mass is 32.2. The molecule has 0 saturated carbocycles. The number of benzene rings is 1. The monoisotopic (exact) mass is 290 g/mol. The Kier molecular flexibility index (Phi) is 3.53. The number of hydrazine groups is 1. The van der Waals surface area contributed by atoms with Crippen molar-refractivity contribution in [3.05, 3.63) is 35.6 Å². The maximum absolute atomic E-state index is 5.28. The lowest BCUT2D eigenvalue weighted by Crippen LogP contribution is -2.05. The predicted octanol–water partition coefficient (Wildman–Crippen LogP) is 2.06. The van der Waals surface area contributed by atoms with Crippen molar-refractivity contribution in [1.29, 1.82) is 0 Å². The first kappa shape index (κ1) is 12.3. The van der Waals surface area contributed by atoms with Crippen LogP contribution >= 0.6 is 23.1 Å². The number of rotatable bonds is 4. The third-order valence-corrected chi connectivity index (χ3v) is 4.48. The van der Waals surface area contributed by atoms with E-state index in [1.807, 2.05) is 24.3 Å². The van der Waals surface area contributed by atoms with Gasteiger partial charge in [0.25, 0.3) is 0 Å². The van der Waals surface area contributed by atoms with E-state index in [1.54, 1.807) is 18.1 Å². The van der Waals surface area contributed by atoms with Crippen LogP contribution in [0.25, 0.3) is 10.9 Å². The van der Waals surface area contributed by atoms with Crippen molar-refractivity contribution in [3.63, 3.8) is 0 Å². The van der Waals surface area contributed by atoms with Crippen LogP contribution in [0.2, 0.25) is 0 Å². The maximum atomic E-state index is 5.28. The lowest BCUT2D eigenvalue weighted by atomic mass is 10.2. The fourth-order valence-electron chi connectivity index (χ4n) is 1.60. The van der Waals surface area contributed by atoms with Crippen LogP contribution in [0.4, 0.5) is 5.13 Å². The summed E-state index contributed by atoms with van der Waals surface area (Å²) in [5, 5.41) is 11.5. The van der Waals surface area contributed by atoms with Gasteiger partial charge >= 0.3 is 0 Å². The minimum atomic E-state index is 0.614. The van der Waals surface area contributed by atoms with Gasteiger partial charge in [0.05, 0.1) is 11.3 Å². The first-order valence-corrected chi connectivity index (χ1v) is 7.28. The summed E-state index contributed by atoms with van der Waals surface area (Å²) >= 11 is 3.05. The summed E-state index contributed by atoms with van der Waals surface area (Å²) in [4.78, 5) is 8.55.